The monoisotopic (exact) mass is 504 g/mol. The molecule has 0 spiro atoms. The number of sulfonamides is 1. The number of hydrogen-bond donors (Lipinski definition) is 1. The molecular weight excluding hydrogens is 476 g/mol. The Morgan fingerprint density at radius 3 is 2.31 bits per heavy atom. The molecule has 0 saturated heterocycles. The van der Waals surface area contributed by atoms with Crippen molar-refractivity contribution < 1.29 is 22.7 Å². The van der Waals surface area contributed by atoms with Crippen LogP contribution in [0.25, 0.3) is 10.8 Å². The molecule has 7 nitrogen and oxygen atoms in total. The first-order valence-corrected chi connectivity index (χ1v) is 13.1. The molecule has 1 N–H and O–H groups in total. The fraction of sp³-hybridized carbons (Fsp3) is 0.179. The summed E-state index contributed by atoms with van der Waals surface area (Å²) in [6.45, 7) is 2.23. The summed E-state index contributed by atoms with van der Waals surface area (Å²) in [5, 5.41) is 4.93. The maximum Gasteiger partial charge on any atom is 0.264 e. The van der Waals surface area contributed by atoms with E-state index in [0.29, 0.717) is 23.8 Å². The first kappa shape index (κ1) is 25.1. The number of hydrogen-bond acceptors (Lipinski definition) is 5. The van der Waals surface area contributed by atoms with Gasteiger partial charge in [0, 0.05) is 0 Å². The lowest BCUT2D eigenvalue weighted by Crippen LogP contribution is -2.42. The van der Waals surface area contributed by atoms with E-state index in [1.165, 1.54) is 12.1 Å². The molecule has 0 fully saturated rings. The second kappa shape index (κ2) is 11.6. The standard InChI is InChI=1S/C28H28N2O5S/c1-2-34-27-15-9-8-14-26(27)30(36(32,33)25-12-4-3-5-13-25)21-28(31)29-18-19-35-24-17-16-22-10-6-7-11-23(22)20-24/h3-17,20H,2,18-19,21H2,1H3,(H,29,31). The van der Waals surface area contributed by atoms with Crippen molar-refractivity contribution >= 4 is 32.4 Å². The lowest BCUT2D eigenvalue weighted by atomic mass is 10.1. The molecule has 0 aliphatic carbocycles. The van der Waals surface area contributed by atoms with Gasteiger partial charge in [0.2, 0.25) is 5.91 Å². The van der Waals surface area contributed by atoms with Gasteiger partial charge in [-0.25, -0.2) is 8.42 Å². The van der Waals surface area contributed by atoms with Crippen molar-refractivity contribution in [2.75, 3.05) is 30.6 Å². The zero-order chi connectivity index (χ0) is 25.4. The van der Waals surface area contributed by atoms with Crippen molar-refractivity contribution in [3.05, 3.63) is 97.1 Å². The Morgan fingerprint density at radius 1 is 0.833 bits per heavy atom. The molecule has 8 heteroatoms. The summed E-state index contributed by atoms with van der Waals surface area (Å²) < 4.78 is 39.5. The Bertz CT molecular complexity index is 1420. The fourth-order valence-corrected chi connectivity index (χ4v) is 5.22. The van der Waals surface area contributed by atoms with E-state index in [1.54, 1.807) is 42.5 Å². The van der Waals surface area contributed by atoms with Gasteiger partial charge in [0.15, 0.2) is 0 Å². The van der Waals surface area contributed by atoms with Gasteiger partial charge in [-0.1, -0.05) is 60.7 Å². The van der Waals surface area contributed by atoms with Crippen LogP contribution in [0.5, 0.6) is 11.5 Å². The molecular formula is C28H28N2O5S. The van der Waals surface area contributed by atoms with Crippen LogP contribution < -0.4 is 19.1 Å². The zero-order valence-corrected chi connectivity index (χ0v) is 20.8. The van der Waals surface area contributed by atoms with Crippen molar-refractivity contribution in [3.63, 3.8) is 0 Å². The Balaban J connectivity index is 1.45. The predicted molar refractivity (Wildman–Crippen MR) is 141 cm³/mol. The minimum atomic E-state index is -4.02. The van der Waals surface area contributed by atoms with Crippen LogP contribution in [0.2, 0.25) is 0 Å². The van der Waals surface area contributed by atoms with Gasteiger partial charge in [-0.15, -0.1) is 0 Å². The Morgan fingerprint density at radius 2 is 1.53 bits per heavy atom. The highest BCUT2D eigenvalue weighted by atomic mass is 32.2. The van der Waals surface area contributed by atoms with Gasteiger partial charge < -0.3 is 14.8 Å². The molecule has 0 heterocycles. The van der Waals surface area contributed by atoms with Crippen LogP contribution in [0.1, 0.15) is 6.92 Å². The number of rotatable bonds is 11. The first-order valence-electron chi connectivity index (χ1n) is 11.7. The third-order valence-corrected chi connectivity index (χ3v) is 7.24. The van der Waals surface area contributed by atoms with Crippen LogP contribution in [-0.2, 0) is 14.8 Å². The smallest absolute Gasteiger partial charge is 0.264 e. The average Bonchev–Trinajstić information content (AvgIpc) is 2.91. The quantitative estimate of drug-likeness (QED) is 0.301. The highest BCUT2D eigenvalue weighted by Crippen LogP contribution is 2.32. The molecule has 0 aliphatic rings. The normalized spacial score (nSPS) is 11.1. The van der Waals surface area contributed by atoms with Gasteiger partial charge in [-0.3, -0.25) is 9.10 Å². The molecule has 4 rings (SSSR count). The molecule has 0 aromatic heterocycles. The number of para-hydroxylation sites is 2. The molecule has 0 saturated carbocycles. The average molecular weight is 505 g/mol. The summed E-state index contributed by atoms with van der Waals surface area (Å²) in [6.07, 6.45) is 0. The van der Waals surface area contributed by atoms with Gasteiger partial charge in [0.1, 0.15) is 24.7 Å². The molecule has 0 radical (unpaired) electrons. The number of carbonyl (C=O) groups is 1. The number of carbonyl (C=O) groups excluding carboxylic acids is 1. The number of anilines is 1. The largest absolute Gasteiger partial charge is 0.492 e. The minimum absolute atomic E-state index is 0.0868. The van der Waals surface area contributed by atoms with Gasteiger partial charge in [0.25, 0.3) is 10.0 Å². The summed E-state index contributed by atoms with van der Waals surface area (Å²) in [7, 11) is -4.02. The Kier molecular flexibility index (Phi) is 8.07. The van der Waals surface area contributed by atoms with Gasteiger partial charge in [-0.2, -0.15) is 0 Å². The van der Waals surface area contributed by atoms with Gasteiger partial charge in [0.05, 0.1) is 23.7 Å². The lowest BCUT2D eigenvalue weighted by Gasteiger charge is -2.26. The Hall–Kier alpha value is -4.04. The fourth-order valence-electron chi connectivity index (χ4n) is 3.76. The minimum Gasteiger partial charge on any atom is -0.492 e. The van der Waals surface area contributed by atoms with Crippen molar-refractivity contribution in [3.8, 4) is 11.5 Å². The molecule has 4 aromatic rings. The zero-order valence-electron chi connectivity index (χ0n) is 20.0. The van der Waals surface area contributed by atoms with E-state index >= 15 is 0 Å². The molecule has 186 valence electrons. The molecule has 36 heavy (non-hydrogen) atoms. The first-order chi connectivity index (χ1) is 17.5. The van der Waals surface area contributed by atoms with Crippen LogP contribution in [0, 0.1) is 0 Å². The summed E-state index contributed by atoms with van der Waals surface area (Å²) >= 11 is 0. The van der Waals surface area contributed by atoms with Crippen LogP contribution in [0.4, 0.5) is 5.69 Å². The van der Waals surface area contributed by atoms with E-state index in [9.17, 15) is 13.2 Å². The van der Waals surface area contributed by atoms with Crippen LogP contribution in [0.15, 0.2) is 102 Å². The van der Waals surface area contributed by atoms with Crippen molar-refractivity contribution in [2.24, 2.45) is 0 Å². The van der Waals surface area contributed by atoms with Crippen molar-refractivity contribution in [1.82, 2.24) is 5.32 Å². The molecule has 0 atom stereocenters. The summed E-state index contributed by atoms with van der Waals surface area (Å²) in [6, 6.07) is 28.6. The van der Waals surface area contributed by atoms with Crippen LogP contribution >= 0.6 is 0 Å². The molecule has 0 bridgehead atoms. The Labute approximate surface area is 211 Å². The SMILES string of the molecule is CCOc1ccccc1N(CC(=O)NCCOc1ccc2ccccc2c1)S(=O)(=O)c1ccccc1. The third kappa shape index (κ3) is 5.95. The second-order valence-corrected chi connectivity index (χ2v) is 9.80. The highest BCUT2D eigenvalue weighted by molar-refractivity contribution is 7.92. The van der Waals surface area contributed by atoms with E-state index in [1.807, 2.05) is 49.4 Å². The van der Waals surface area contributed by atoms with Gasteiger partial charge >= 0.3 is 0 Å². The maximum atomic E-state index is 13.5. The molecule has 0 unspecified atom stereocenters. The van der Waals surface area contributed by atoms with E-state index in [2.05, 4.69) is 5.32 Å². The topological polar surface area (TPSA) is 84.9 Å². The van der Waals surface area contributed by atoms with Crippen LogP contribution in [-0.4, -0.2) is 40.6 Å². The van der Waals surface area contributed by atoms with E-state index in [0.717, 1.165) is 15.1 Å². The van der Waals surface area contributed by atoms with Crippen molar-refractivity contribution in [2.45, 2.75) is 11.8 Å². The number of nitrogens with zero attached hydrogens (tertiary/aromatic N) is 1. The second-order valence-electron chi connectivity index (χ2n) is 7.93. The van der Waals surface area contributed by atoms with Crippen LogP contribution in [0.3, 0.4) is 0 Å². The molecule has 0 aliphatic heterocycles. The van der Waals surface area contributed by atoms with E-state index in [4.69, 9.17) is 9.47 Å². The third-order valence-electron chi connectivity index (χ3n) is 5.47. The number of ether oxygens (including phenoxy) is 2. The van der Waals surface area contributed by atoms with Gasteiger partial charge in [-0.05, 0) is 54.1 Å². The molecule has 4 aromatic carbocycles. The number of amides is 1. The highest BCUT2D eigenvalue weighted by Gasteiger charge is 2.29. The van der Waals surface area contributed by atoms with Crippen molar-refractivity contribution in [1.29, 1.82) is 0 Å². The van der Waals surface area contributed by atoms with E-state index < -0.39 is 22.5 Å². The molecule has 1 amide bonds. The number of fused-ring (bicyclic) bond motifs is 1. The lowest BCUT2D eigenvalue weighted by molar-refractivity contribution is -0.119. The summed E-state index contributed by atoms with van der Waals surface area (Å²) in [5.74, 6) is 0.622. The summed E-state index contributed by atoms with van der Waals surface area (Å²) in [4.78, 5) is 12.9. The maximum absolute atomic E-state index is 13.5. The van der Waals surface area contributed by atoms with E-state index in [-0.39, 0.29) is 18.0 Å². The number of nitrogens with one attached hydrogen (secondary N) is 1. The summed E-state index contributed by atoms with van der Waals surface area (Å²) in [5.41, 5.74) is 0.297. The predicted octanol–water partition coefficient (Wildman–Crippen LogP) is 4.63. The number of benzene rings is 4.